The van der Waals surface area contributed by atoms with Crippen LogP contribution in [0.1, 0.15) is 13.8 Å². The fourth-order valence-electron chi connectivity index (χ4n) is 4.22. The van der Waals surface area contributed by atoms with Crippen LogP contribution in [0, 0.1) is 23.7 Å². The lowest BCUT2D eigenvalue weighted by atomic mass is 9.78. The molecular weight excluding hydrogens is 270 g/mol. The molecule has 0 aliphatic carbocycles. The van der Waals surface area contributed by atoms with Gasteiger partial charge in [-0.1, -0.05) is 6.92 Å². The van der Waals surface area contributed by atoms with Gasteiger partial charge in [-0.05, 0) is 25.8 Å². The van der Waals surface area contributed by atoms with Crippen LogP contribution in [0.15, 0.2) is 0 Å². The van der Waals surface area contributed by atoms with Crippen LogP contribution in [0.25, 0.3) is 0 Å². The van der Waals surface area contributed by atoms with Gasteiger partial charge in [-0.3, -0.25) is 9.59 Å². The summed E-state index contributed by atoms with van der Waals surface area (Å²) < 4.78 is 0. The number of nitrogens with zero attached hydrogens (tertiary/aromatic N) is 2. The van der Waals surface area contributed by atoms with Crippen molar-refractivity contribution in [3.05, 3.63) is 0 Å². The number of rotatable bonds is 3. The van der Waals surface area contributed by atoms with Crippen molar-refractivity contribution in [1.82, 2.24) is 15.1 Å². The molecule has 6 heteroatoms. The zero-order valence-corrected chi connectivity index (χ0v) is 13.0. The summed E-state index contributed by atoms with van der Waals surface area (Å²) in [6.45, 7) is 7.28. The summed E-state index contributed by atoms with van der Waals surface area (Å²) >= 11 is 0. The summed E-state index contributed by atoms with van der Waals surface area (Å²) in [6, 6.07) is -0.229. The van der Waals surface area contributed by atoms with Crippen LogP contribution in [0.3, 0.4) is 0 Å². The van der Waals surface area contributed by atoms with Gasteiger partial charge in [0.15, 0.2) is 0 Å². The normalized spacial score (nSPS) is 38.7. The Morgan fingerprint density at radius 3 is 2.29 bits per heavy atom. The van der Waals surface area contributed by atoms with Gasteiger partial charge in [0.1, 0.15) is 0 Å². The van der Waals surface area contributed by atoms with Gasteiger partial charge >= 0.3 is 0 Å². The SMILES string of the molecule is C[C@@H](O)[C@H]1C(=O)N[C@@H]1[C@@H](C)C(=O)N1CC2CN(C)CC2C1. The van der Waals surface area contributed by atoms with Crippen molar-refractivity contribution in [1.29, 1.82) is 0 Å². The molecular formula is C15H25N3O3. The van der Waals surface area contributed by atoms with E-state index in [1.165, 1.54) is 0 Å². The van der Waals surface area contributed by atoms with Crippen molar-refractivity contribution in [3.63, 3.8) is 0 Å². The molecule has 6 atom stereocenters. The number of nitrogens with one attached hydrogen (secondary N) is 1. The van der Waals surface area contributed by atoms with Gasteiger partial charge < -0.3 is 20.2 Å². The second-order valence-electron chi connectivity index (χ2n) is 7.07. The van der Waals surface area contributed by atoms with Crippen molar-refractivity contribution in [2.75, 3.05) is 33.2 Å². The van der Waals surface area contributed by atoms with Gasteiger partial charge in [-0.25, -0.2) is 0 Å². The molecule has 21 heavy (non-hydrogen) atoms. The van der Waals surface area contributed by atoms with E-state index >= 15 is 0 Å². The standard InChI is InChI=1S/C15H25N3O3/c1-8(13-12(9(2)19)14(20)16-13)15(21)18-6-10-4-17(3)5-11(10)7-18/h8-13,19H,4-7H2,1-3H3,(H,16,20)/t8-,9-,10?,11?,12-,13-/m1/s1. The molecule has 0 aromatic heterocycles. The van der Waals surface area contributed by atoms with Crippen LogP contribution in [0.4, 0.5) is 0 Å². The summed E-state index contributed by atoms with van der Waals surface area (Å²) in [5, 5.41) is 12.5. The van der Waals surface area contributed by atoms with Gasteiger partial charge in [-0.15, -0.1) is 0 Å². The molecule has 3 saturated heterocycles. The molecule has 2 unspecified atom stereocenters. The number of amides is 2. The van der Waals surface area contributed by atoms with Crippen molar-refractivity contribution in [2.45, 2.75) is 26.0 Å². The van der Waals surface area contributed by atoms with Crippen LogP contribution in [0.5, 0.6) is 0 Å². The molecule has 0 spiro atoms. The minimum atomic E-state index is -0.703. The summed E-state index contributed by atoms with van der Waals surface area (Å²) in [4.78, 5) is 28.5. The van der Waals surface area contributed by atoms with Crippen molar-refractivity contribution >= 4 is 11.8 Å². The zero-order chi connectivity index (χ0) is 15.3. The fraction of sp³-hybridized carbons (Fsp3) is 0.867. The average Bonchev–Trinajstić information content (AvgIpc) is 2.90. The van der Waals surface area contributed by atoms with E-state index in [0.717, 1.165) is 26.2 Å². The number of carbonyl (C=O) groups excluding carboxylic acids is 2. The molecule has 3 fully saturated rings. The predicted molar refractivity (Wildman–Crippen MR) is 77.3 cm³/mol. The Morgan fingerprint density at radius 1 is 1.24 bits per heavy atom. The molecule has 118 valence electrons. The molecule has 2 N–H and O–H groups in total. The highest BCUT2D eigenvalue weighted by Crippen LogP contribution is 2.33. The molecule has 0 radical (unpaired) electrons. The van der Waals surface area contributed by atoms with E-state index in [4.69, 9.17) is 0 Å². The molecule has 3 heterocycles. The maximum absolute atomic E-state index is 12.6. The number of aliphatic hydroxyl groups excluding tert-OH is 1. The number of hydrogen-bond donors (Lipinski definition) is 2. The first kappa shape index (κ1) is 14.8. The smallest absolute Gasteiger partial charge is 0.228 e. The van der Waals surface area contributed by atoms with Gasteiger partial charge in [0.05, 0.1) is 24.0 Å². The van der Waals surface area contributed by atoms with E-state index in [1.807, 2.05) is 11.8 Å². The highest BCUT2D eigenvalue weighted by atomic mass is 16.3. The number of likely N-dealkylation sites (tertiary alicyclic amines) is 2. The first-order chi connectivity index (χ1) is 9.88. The quantitative estimate of drug-likeness (QED) is 0.665. The highest BCUT2D eigenvalue weighted by Gasteiger charge is 2.49. The Labute approximate surface area is 125 Å². The molecule has 6 nitrogen and oxygen atoms in total. The van der Waals surface area contributed by atoms with Crippen LogP contribution >= 0.6 is 0 Å². The number of aliphatic hydroxyl groups is 1. The molecule has 0 bridgehead atoms. The first-order valence-corrected chi connectivity index (χ1v) is 7.84. The highest BCUT2D eigenvalue weighted by molar-refractivity contribution is 5.90. The van der Waals surface area contributed by atoms with Crippen molar-refractivity contribution in [2.24, 2.45) is 23.7 Å². The predicted octanol–water partition coefficient (Wildman–Crippen LogP) is -0.862. The minimum absolute atomic E-state index is 0.114. The van der Waals surface area contributed by atoms with Gasteiger partial charge in [0.2, 0.25) is 11.8 Å². The maximum atomic E-state index is 12.6. The Kier molecular flexibility index (Phi) is 3.69. The third kappa shape index (κ3) is 2.44. The van der Waals surface area contributed by atoms with Gasteiger partial charge in [0.25, 0.3) is 0 Å². The lowest BCUT2D eigenvalue weighted by Gasteiger charge is -2.42. The van der Waals surface area contributed by atoms with Crippen molar-refractivity contribution in [3.8, 4) is 0 Å². The number of β-lactam (4-membered cyclic amide) rings is 1. The second kappa shape index (κ2) is 5.25. The summed E-state index contributed by atoms with van der Waals surface area (Å²) in [6.07, 6.45) is -0.703. The lowest BCUT2D eigenvalue weighted by Crippen LogP contribution is -2.66. The zero-order valence-electron chi connectivity index (χ0n) is 13.0. The summed E-state index contributed by atoms with van der Waals surface area (Å²) in [5.74, 6) is 0.442. The van der Waals surface area contributed by atoms with Gasteiger partial charge in [-0.2, -0.15) is 0 Å². The molecule has 0 aromatic rings. The van der Waals surface area contributed by atoms with Crippen LogP contribution in [0.2, 0.25) is 0 Å². The Morgan fingerprint density at radius 2 is 1.81 bits per heavy atom. The Bertz CT molecular complexity index is 439. The third-order valence-electron chi connectivity index (χ3n) is 5.43. The maximum Gasteiger partial charge on any atom is 0.228 e. The Hall–Kier alpha value is -1.14. The lowest BCUT2D eigenvalue weighted by molar-refractivity contribution is -0.148. The third-order valence-corrected chi connectivity index (χ3v) is 5.43. The number of fused-ring (bicyclic) bond motifs is 1. The summed E-state index contributed by atoms with van der Waals surface area (Å²) in [7, 11) is 2.13. The van der Waals surface area contributed by atoms with Crippen LogP contribution < -0.4 is 5.32 Å². The Balaban J connectivity index is 1.60. The van der Waals surface area contributed by atoms with Crippen LogP contribution in [-0.4, -0.2) is 72.1 Å². The number of carbonyl (C=O) groups is 2. The van der Waals surface area contributed by atoms with E-state index in [9.17, 15) is 14.7 Å². The topological polar surface area (TPSA) is 72.9 Å². The van der Waals surface area contributed by atoms with Gasteiger partial charge in [0, 0.05) is 26.2 Å². The fourth-order valence-corrected chi connectivity index (χ4v) is 4.22. The second-order valence-corrected chi connectivity index (χ2v) is 7.07. The van der Waals surface area contributed by atoms with E-state index in [2.05, 4.69) is 17.3 Å². The van der Waals surface area contributed by atoms with E-state index in [0.29, 0.717) is 11.8 Å². The first-order valence-electron chi connectivity index (χ1n) is 7.84. The monoisotopic (exact) mass is 295 g/mol. The average molecular weight is 295 g/mol. The van der Waals surface area contributed by atoms with Crippen molar-refractivity contribution < 1.29 is 14.7 Å². The summed E-state index contributed by atoms with van der Waals surface area (Å²) in [5.41, 5.74) is 0. The van der Waals surface area contributed by atoms with E-state index < -0.39 is 12.0 Å². The molecule has 0 saturated carbocycles. The van der Waals surface area contributed by atoms with E-state index in [-0.39, 0.29) is 23.8 Å². The van der Waals surface area contributed by atoms with Crippen LogP contribution in [-0.2, 0) is 9.59 Å². The molecule has 3 rings (SSSR count). The molecule has 3 aliphatic rings. The molecule has 0 aromatic carbocycles. The largest absolute Gasteiger partial charge is 0.393 e. The molecule has 2 amide bonds. The molecule has 3 aliphatic heterocycles. The minimum Gasteiger partial charge on any atom is -0.393 e. The number of hydrogen-bond acceptors (Lipinski definition) is 4. The van der Waals surface area contributed by atoms with E-state index in [1.54, 1.807) is 6.92 Å².